The minimum Gasteiger partial charge on any atom is -0.462 e. The van der Waals surface area contributed by atoms with Gasteiger partial charge >= 0.3 is 21.6 Å². The van der Waals surface area contributed by atoms with Crippen LogP contribution in [0.2, 0.25) is 0 Å². The van der Waals surface area contributed by atoms with Crippen molar-refractivity contribution in [2.24, 2.45) is 0 Å². The molecule has 28 heteroatoms. The number of allylic oxidation sites excluding steroid dienone is 8. The number of nitrogens with one attached hydrogen (secondary N) is 4. The number of aliphatic hydroxyl groups is 4. The second-order valence-electron chi connectivity index (χ2n) is 36.4. The molecular weight excluding hydrogens is 1720 g/mol. The Morgan fingerprint density at radius 3 is 1.02 bits per heavy atom. The van der Waals surface area contributed by atoms with Crippen molar-refractivity contribution in [3.63, 3.8) is 0 Å². The van der Waals surface area contributed by atoms with E-state index in [1.54, 1.807) is 0 Å². The fourth-order valence-electron chi connectivity index (χ4n) is 15.4. The lowest BCUT2D eigenvalue weighted by molar-refractivity contribution is -0.152. The number of hydrogen-bond donors (Lipinski definition) is 10. The summed E-state index contributed by atoms with van der Waals surface area (Å²) in [6.07, 6.45) is 67.7. The molecule has 0 saturated heterocycles. The molecule has 778 valence electrons. The van der Waals surface area contributed by atoms with Crippen molar-refractivity contribution in [3.8, 4) is 0 Å². The normalized spacial score (nSPS) is 15.3. The zero-order valence-electron chi connectivity index (χ0n) is 84.8. The molecule has 0 aliphatic rings. The van der Waals surface area contributed by atoms with Crippen LogP contribution in [0, 0.1) is 0 Å². The maximum atomic E-state index is 14.0. The maximum absolute atomic E-state index is 14.0. The number of phosphoric ester groups is 2. The van der Waals surface area contributed by atoms with Crippen LogP contribution in [0.4, 0.5) is 0 Å². The van der Waals surface area contributed by atoms with E-state index in [-0.39, 0.29) is 95.9 Å². The van der Waals surface area contributed by atoms with Gasteiger partial charge in [-0.05, 0) is 173 Å². The van der Waals surface area contributed by atoms with E-state index < -0.39 is 96.7 Å². The molecule has 0 bridgehead atoms. The Hall–Kier alpha value is -3.34. The van der Waals surface area contributed by atoms with Crippen molar-refractivity contribution < 1.29 is 105 Å². The third-order valence-electron chi connectivity index (χ3n) is 23.4. The van der Waals surface area contributed by atoms with E-state index in [1.165, 1.54) is 96.3 Å². The average Bonchev–Trinajstić information content (AvgIpc) is 0.903. The Labute approximate surface area is 803 Å². The van der Waals surface area contributed by atoms with Gasteiger partial charge in [-0.3, -0.25) is 42.6 Å². The van der Waals surface area contributed by atoms with Crippen LogP contribution in [0.25, 0.3) is 0 Å². The first-order valence-electron chi connectivity index (χ1n) is 53.5. The smallest absolute Gasteiger partial charge is 0.462 e. The minimum atomic E-state index is -4.77. The number of aliphatic hydroxyl groups excluding tert-OH is 4. The molecule has 0 heterocycles. The van der Waals surface area contributed by atoms with Crippen LogP contribution in [0.3, 0.4) is 0 Å². The van der Waals surface area contributed by atoms with Crippen molar-refractivity contribution in [2.75, 3.05) is 65.9 Å². The van der Waals surface area contributed by atoms with Crippen LogP contribution >= 0.6 is 15.6 Å². The third kappa shape index (κ3) is 89.3. The molecule has 132 heavy (non-hydrogen) atoms. The molecule has 3 amide bonds. The Bertz CT molecular complexity index is 2810. The number of hydrogen-bond acceptors (Lipinski definition) is 21. The molecule has 0 rings (SSSR count). The van der Waals surface area contributed by atoms with Gasteiger partial charge in [0.25, 0.3) is 0 Å². The number of ether oxygens (including phenoxy) is 6. The van der Waals surface area contributed by atoms with Crippen LogP contribution < -0.4 is 21.3 Å². The maximum Gasteiger partial charge on any atom is 0.472 e. The van der Waals surface area contributed by atoms with E-state index in [9.17, 15) is 58.5 Å². The first-order chi connectivity index (χ1) is 64.1. The number of amides is 3. The van der Waals surface area contributed by atoms with Crippen molar-refractivity contribution in [2.45, 2.75) is 528 Å². The highest BCUT2D eigenvalue weighted by molar-refractivity contribution is 7.47. The number of phosphoric acid groups is 2. The van der Waals surface area contributed by atoms with Gasteiger partial charge in [0, 0.05) is 51.8 Å². The number of esters is 1. The summed E-state index contributed by atoms with van der Waals surface area (Å²) in [5.74, 6) is -1.44. The van der Waals surface area contributed by atoms with Gasteiger partial charge in [0.2, 0.25) is 17.7 Å². The average molecular weight is 1920 g/mol. The Morgan fingerprint density at radius 2 is 0.621 bits per heavy atom. The molecule has 0 saturated carbocycles. The SMILES string of the molecule is CCCCCC/C=C\CCCC(=O)OC(CCCCCCC)CCOCC(COP(=O)(O)OCCNC(=O)CCCCC(=O)NCCOP(=O)(O)OCC(COCCC(CCCCCCC)OC(O)CCC/C=C\CCCCCC)NC(=O)C[C@@H](CCCCCCC)OC(O)CCC/C=C\CCCCCC)NC(O)C[C@@H](CCCCCCC)OC(O)CCC/C=C\CCCCCC. The highest BCUT2D eigenvalue weighted by Crippen LogP contribution is 2.44. The van der Waals surface area contributed by atoms with Crippen LogP contribution in [0.5, 0.6) is 0 Å². The van der Waals surface area contributed by atoms with Gasteiger partial charge in [-0.1, -0.05) is 303 Å². The lowest BCUT2D eigenvalue weighted by Crippen LogP contribution is -2.45. The van der Waals surface area contributed by atoms with Gasteiger partial charge in [-0.15, -0.1) is 0 Å². The Balaban J connectivity index is 6.07. The first kappa shape index (κ1) is 129. The van der Waals surface area contributed by atoms with E-state index >= 15 is 0 Å². The van der Waals surface area contributed by atoms with Crippen molar-refractivity contribution >= 4 is 39.3 Å². The van der Waals surface area contributed by atoms with E-state index in [0.717, 1.165) is 212 Å². The van der Waals surface area contributed by atoms with Gasteiger partial charge in [-0.25, -0.2) is 9.13 Å². The fraction of sp³-hybridized carbons (Fsp3) is 0.885. The van der Waals surface area contributed by atoms with Gasteiger partial charge in [-0.2, -0.15) is 0 Å². The number of unbranched alkanes of at least 4 members (excludes halogenated alkanes) is 37. The molecule has 10 unspecified atom stereocenters. The summed E-state index contributed by atoms with van der Waals surface area (Å²) in [6, 6.07) is -1.77. The molecule has 0 aromatic rings. The van der Waals surface area contributed by atoms with Crippen LogP contribution in [-0.2, 0) is 74.8 Å². The molecule has 0 aromatic heterocycles. The molecule has 0 spiro atoms. The summed E-state index contributed by atoms with van der Waals surface area (Å²) in [6.45, 7) is 15.7. The fourth-order valence-corrected chi connectivity index (χ4v) is 17.0. The molecule has 0 radical (unpaired) electrons. The molecule has 0 fully saturated rings. The lowest BCUT2D eigenvalue weighted by atomic mass is 10.0. The van der Waals surface area contributed by atoms with E-state index in [2.05, 4.69) is 125 Å². The van der Waals surface area contributed by atoms with Crippen molar-refractivity contribution in [1.82, 2.24) is 21.3 Å². The lowest BCUT2D eigenvalue weighted by Gasteiger charge is -2.28. The summed E-state index contributed by atoms with van der Waals surface area (Å²) in [5, 5.41) is 56.3. The van der Waals surface area contributed by atoms with Crippen LogP contribution in [-0.4, -0.2) is 181 Å². The zero-order valence-corrected chi connectivity index (χ0v) is 86.6. The third-order valence-corrected chi connectivity index (χ3v) is 25.4. The highest BCUT2D eigenvalue weighted by atomic mass is 31.2. The van der Waals surface area contributed by atoms with E-state index in [4.69, 9.17) is 46.5 Å². The topological polar surface area (TPSA) is 364 Å². The van der Waals surface area contributed by atoms with Crippen molar-refractivity contribution in [3.05, 3.63) is 48.6 Å². The highest BCUT2D eigenvalue weighted by Gasteiger charge is 2.30. The molecule has 0 aliphatic carbocycles. The molecule has 0 aromatic carbocycles. The molecule has 10 N–H and O–H groups in total. The summed E-state index contributed by atoms with van der Waals surface area (Å²) in [4.78, 5) is 75.0. The summed E-state index contributed by atoms with van der Waals surface area (Å²) < 4.78 is 85.6. The summed E-state index contributed by atoms with van der Waals surface area (Å²) in [5.41, 5.74) is 0. The molecule has 26 nitrogen and oxygen atoms in total. The van der Waals surface area contributed by atoms with E-state index in [1.807, 2.05) is 0 Å². The Kier molecular flexibility index (Phi) is 92.8. The second-order valence-corrected chi connectivity index (χ2v) is 39.3. The number of rotatable bonds is 103. The quantitative estimate of drug-likeness (QED) is 0.00889. The molecule has 12 atom stereocenters. The first-order valence-corrected chi connectivity index (χ1v) is 56.5. The minimum absolute atomic E-state index is 0.0271. The van der Waals surface area contributed by atoms with Gasteiger partial charge in [0.05, 0.1) is 83.1 Å². The van der Waals surface area contributed by atoms with Gasteiger partial charge < -0.3 is 74.6 Å². The predicted molar refractivity (Wildman–Crippen MR) is 536 cm³/mol. The van der Waals surface area contributed by atoms with Gasteiger partial charge in [0.1, 0.15) is 12.3 Å². The zero-order chi connectivity index (χ0) is 97.0. The van der Waals surface area contributed by atoms with Crippen molar-refractivity contribution in [1.29, 1.82) is 0 Å². The van der Waals surface area contributed by atoms with Crippen LogP contribution in [0.15, 0.2) is 48.6 Å². The Morgan fingerprint density at radius 1 is 0.303 bits per heavy atom. The van der Waals surface area contributed by atoms with Crippen LogP contribution in [0.1, 0.15) is 466 Å². The number of carbonyl (C=O) groups excluding carboxylic acids is 4. The largest absolute Gasteiger partial charge is 0.472 e. The monoisotopic (exact) mass is 1920 g/mol. The molecule has 0 aliphatic heterocycles. The van der Waals surface area contributed by atoms with E-state index in [0.29, 0.717) is 77.0 Å². The number of carbonyl (C=O) groups is 4. The molecular formula is C104H200N4O22P2. The predicted octanol–water partition coefficient (Wildman–Crippen LogP) is 24.7. The van der Waals surface area contributed by atoms with Gasteiger partial charge in [0.15, 0.2) is 18.9 Å². The second kappa shape index (κ2) is 95.2. The summed E-state index contributed by atoms with van der Waals surface area (Å²) in [7, 11) is -9.53. The summed E-state index contributed by atoms with van der Waals surface area (Å²) >= 11 is 0. The standard InChI is InChI=1S/C104H200N4O22P2/c1-9-17-25-33-37-41-45-53-61-73-101(113)127-93(67-57-49-29-21-13-5)77-81-121-87-91(107-99(111)85-95(69-59-51-31-23-15-7)129-103(115)75-63-55-47-43-39-35-27-19-11-3)89-125-131(117,118)123-83-79-105-97(109)71-65-66-72-98(110)106-80-84-124-132(119,120)126-90-92(88-122-82-78-94(68-58-50-30-22-14-6)128-102(114)74-62-54-46-42-38-34-26-18-10-2)108-100(112)86-96(70-60-52-32-24-16-8)130-104(116)76-64-56-48-44-40-36-28-20-12-4/h41-48,91-96,99,102-104,107,111,114-116H,9-40,49-90H2,1-8H3,(H,105,109)(H,106,110)(H,108,112)(H,117,118)(H,119,120)/b45-41-,46-42-,47-43-,48-44-/t91?,92?,93?,94?,95-,96-,99?,102?,103?,104?/m1/s1.